The quantitative estimate of drug-likeness (QED) is 0.213. The zero-order valence-corrected chi connectivity index (χ0v) is 21.4. The third kappa shape index (κ3) is 11.0. The van der Waals surface area contributed by atoms with Crippen LogP contribution in [0.5, 0.6) is 0 Å². The van der Waals surface area contributed by atoms with Crippen molar-refractivity contribution >= 4 is 36.0 Å². The van der Waals surface area contributed by atoms with Crippen LogP contribution in [0.1, 0.15) is 52.9 Å². The second kappa shape index (κ2) is 14.3. The molecule has 2 aliphatic heterocycles. The van der Waals surface area contributed by atoms with E-state index < -0.39 is 5.60 Å². The maximum atomic E-state index is 12.3. The van der Waals surface area contributed by atoms with Crippen molar-refractivity contribution in [1.29, 1.82) is 0 Å². The highest BCUT2D eigenvalue weighted by Gasteiger charge is 2.27. The Bertz CT molecular complexity index is 522. The molecule has 2 aliphatic rings. The van der Waals surface area contributed by atoms with Crippen molar-refractivity contribution in [2.45, 2.75) is 64.6 Å². The number of aliphatic imine (C=N–C) groups is 1. The molecule has 0 aromatic heterocycles. The van der Waals surface area contributed by atoms with Crippen LogP contribution < -0.4 is 10.6 Å². The molecule has 30 heavy (non-hydrogen) atoms. The molecule has 2 atom stereocenters. The molecule has 0 aromatic rings. The SMILES string of the molecule is CN=C(NCCCOCC1CCCO1)NCC1CCCN(C(=O)OC(C)(C)C)C1.I. The van der Waals surface area contributed by atoms with Gasteiger partial charge in [-0.1, -0.05) is 0 Å². The Balaban J connectivity index is 0.00000450. The summed E-state index contributed by atoms with van der Waals surface area (Å²) in [5.41, 5.74) is -0.456. The lowest BCUT2D eigenvalue weighted by molar-refractivity contribution is 0.0166. The molecule has 2 N–H and O–H groups in total. The van der Waals surface area contributed by atoms with E-state index in [0.717, 1.165) is 77.5 Å². The number of halogens is 1. The van der Waals surface area contributed by atoms with E-state index in [1.165, 1.54) is 0 Å². The number of guanidine groups is 1. The van der Waals surface area contributed by atoms with Crippen LogP contribution in [0.4, 0.5) is 4.79 Å². The van der Waals surface area contributed by atoms with Crippen LogP contribution in [0, 0.1) is 5.92 Å². The topological polar surface area (TPSA) is 84.4 Å². The lowest BCUT2D eigenvalue weighted by atomic mass is 9.98. The summed E-state index contributed by atoms with van der Waals surface area (Å²) in [5.74, 6) is 1.18. The standard InChI is InChI=1S/C21H40N4O4.HI/c1-21(2,3)29-20(26)25-11-5-8-17(15-25)14-24-19(22-4)23-10-7-12-27-16-18-9-6-13-28-18;/h17-18H,5-16H2,1-4H3,(H2,22,23,24);1H. The fraction of sp³-hybridized carbons (Fsp3) is 0.905. The van der Waals surface area contributed by atoms with Gasteiger partial charge in [0.15, 0.2) is 5.96 Å². The first-order valence-electron chi connectivity index (χ1n) is 11.0. The van der Waals surface area contributed by atoms with Gasteiger partial charge in [0.2, 0.25) is 0 Å². The predicted octanol–water partition coefficient (Wildman–Crippen LogP) is 3.00. The molecule has 176 valence electrons. The molecule has 2 unspecified atom stereocenters. The lowest BCUT2D eigenvalue weighted by Gasteiger charge is -2.34. The second-order valence-electron chi connectivity index (χ2n) is 8.88. The molecule has 0 aliphatic carbocycles. The third-order valence-corrected chi connectivity index (χ3v) is 5.04. The molecule has 2 fully saturated rings. The van der Waals surface area contributed by atoms with Crippen molar-refractivity contribution in [2.75, 3.05) is 53.0 Å². The summed E-state index contributed by atoms with van der Waals surface area (Å²) >= 11 is 0. The highest BCUT2D eigenvalue weighted by Crippen LogP contribution is 2.19. The van der Waals surface area contributed by atoms with E-state index in [-0.39, 0.29) is 36.2 Å². The van der Waals surface area contributed by atoms with Gasteiger partial charge in [-0.05, 0) is 58.8 Å². The normalized spacial score (nSPS) is 22.4. The molecule has 2 heterocycles. The van der Waals surface area contributed by atoms with Crippen molar-refractivity contribution in [3.05, 3.63) is 0 Å². The molecule has 0 bridgehead atoms. The molecule has 0 saturated carbocycles. The second-order valence-corrected chi connectivity index (χ2v) is 8.88. The van der Waals surface area contributed by atoms with E-state index >= 15 is 0 Å². The lowest BCUT2D eigenvalue weighted by Crippen LogP contribution is -2.47. The molecule has 0 radical (unpaired) electrons. The Hall–Kier alpha value is -0.810. The number of carbonyl (C=O) groups is 1. The molecular weight excluding hydrogens is 499 g/mol. The number of nitrogens with zero attached hydrogens (tertiary/aromatic N) is 2. The number of piperidine rings is 1. The first-order valence-corrected chi connectivity index (χ1v) is 11.0. The average molecular weight is 540 g/mol. The zero-order valence-electron chi connectivity index (χ0n) is 19.1. The number of rotatable bonds is 8. The number of likely N-dealkylation sites (tertiary alicyclic amines) is 1. The summed E-state index contributed by atoms with van der Waals surface area (Å²) in [6, 6.07) is 0. The van der Waals surface area contributed by atoms with Gasteiger partial charge >= 0.3 is 6.09 Å². The van der Waals surface area contributed by atoms with Crippen LogP contribution in [0.3, 0.4) is 0 Å². The number of amides is 1. The highest BCUT2D eigenvalue weighted by atomic mass is 127. The van der Waals surface area contributed by atoms with Gasteiger partial charge in [0.1, 0.15) is 5.60 Å². The fourth-order valence-corrected chi connectivity index (χ4v) is 3.56. The summed E-state index contributed by atoms with van der Waals surface area (Å²) in [7, 11) is 1.77. The average Bonchev–Trinajstić information content (AvgIpc) is 3.19. The molecule has 0 spiro atoms. The van der Waals surface area contributed by atoms with Gasteiger partial charge < -0.3 is 29.7 Å². The van der Waals surface area contributed by atoms with Crippen LogP contribution in [-0.4, -0.2) is 81.7 Å². The minimum absolute atomic E-state index is 0. The number of ether oxygens (including phenoxy) is 3. The van der Waals surface area contributed by atoms with E-state index in [2.05, 4.69) is 15.6 Å². The Morgan fingerprint density at radius 1 is 1.23 bits per heavy atom. The predicted molar refractivity (Wildman–Crippen MR) is 130 cm³/mol. The maximum absolute atomic E-state index is 12.3. The summed E-state index contributed by atoms with van der Waals surface area (Å²) in [4.78, 5) is 18.4. The van der Waals surface area contributed by atoms with Crippen molar-refractivity contribution < 1.29 is 19.0 Å². The Morgan fingerprint density at radius 2 is 2.03 bits per heavy atom. The molecular formula is C21H41IN4O4. The summed E-state index contributed by atoms with van der Waals surface area (Å²) in [5, 5.41) is 6.71. The largest absolute Gasteiger partial charge is 0.444 e. The monoisotopic (exact) mass is 540 g/mol. The first kappa shape index (κ1) is 27.2. The molecule has 0 aromatic carbocycles. The van der Waals surface area contributed by atoms with Gasteiger partial charge in [-0.25, -0.2) is 4.79 Å². The number of carbonyl (C=O) groups excluding carboxylic acids is 1. The Labute approximate surface area is 198 Å². The van der Waals surface area contributed by atoms with Crippen molar-refractivity contribution in [3.63, 3.8) is 0 Å². The van der Waals surface area contributed by atoms with E-state index in [0.29, 0.717) is 12.5 Å². The molecule has 2 saturated heterocycles. The van der Waals surface area contributed by atoms with Crippen molar-refractivity contribution in [1.82, 2.24) is 15.5 Å². The van der Waals surface area contributed by atoms with Crippen LogP contribution in [0.15, 0.2) is 4.99 Å². The maximum Gasteiger partial charge on any atom is 0.410 e. The van der Waals surface area contributed by atoms with Crippen LogP contribution in [0.25, 0.3) is 0 Å². The van der Waals surface area contributed by atoms with Crippen molar-refractivity contribution in [3.8, 4) is 0 Å². The van der Waals surface area contributed by atoms with Crippen LogP contribution in [-0.2, 0) is 14.2 Å². The minimum atomic E-state index is -0.456. The molecule has 1 amide bonds. The van der Waals surface area contributed by atoms with Crippen molar-refractivity contribution in [2.24, 2.45) is 10.9 Å². The number of hydrogen-bond acceptors (Lipinski definition) is 5. The first-order chi connectivity index (χ1) is 13.9. The van der Waals surface area contributed by atoms with Gasteiger partial charge in [0.25, 0.3) is 0 Å². The van der Waals surface area contributed by atoms with E-state index in [9.17, 15) is 4.79 Å². The van der Waals surface area contributed by atoms with Gasteiger partial charge in [0.05, 0.1) is 12.7 Å². The Kier molecular flexibility index (Phi) is 13.0. The minimum Gasteiger partial charge on any atom is -0.444 e. The van der Waals surface area contributed by atoms with Gasteiger partial charge in [-0.3, -0.25) is 4.99 Å². The molecule has 9 heteroatoms. The van der Waals surface area contributed by atoms with Crippen LogP contribution in [0.2, 0.25) is 0 Å². The third-order valence-electron chi connectivity index (χ3n) is 5.04. The summed E-state index contributed by atoms with van der Waals surface area (Å²) in [6.45, 7) is 11.1. The number of hydrogen-bond donors (Lipinski definition) is 2. The molecule has 8 nitrogen and oxygen atoms in total. The summed E-state index contributed by atoms with van der Waals surface area (Å²) < 4.78 is 16.7. The van der Waals surface area contributed by atoms with E-state index in [1.807, 2.05) is 25.7 Å². The van der Waals surface area contributed by atoms with E-state index in [1.54, 1.807) is 7.05 Å². The zero-order chi connectivity index (χ0) is 21.1. The molecule has 2 rings (SSSR count). The summed E-state index contributed by atoms with van der Waals surface area (Å²) in [6.07, 6.45) is 5.35. The smallest absolute Gasteiger partial charge is 0.410 e. The van der Waals surface area contributed by atoms with Gasteiger partial charge in [0, 0.05) is 46.4 Å². The van der Waals surface area contributed by atoms with Crippen LogP contribution >= 0.6 is 24.0 Å². The van der Waals surface area contributed by atoms with Gasteiger partial charge in [-0.2, -0.15) is 0 Å². The number of nitrogens with one attached hydrogen (secondary N) is 2. The fourth-order valence-electron chi connectivity index (χ4n) is 3.56. The Morgan fingerprint density at radius 3 is 2.70 bits per heavy atom. The highest BCUT2D eigenvalue weighted by molar-refractivity contribution is 14.0. The van der Waals surface area contributed by atoms with E-state index in [4.69, 9.17) is 14.2 Å². The van der Waals surface area contributed by atoms with Gasteiger partial charge in [-0.15, -0.1) is 24.0 Å².